The highest BCUT2D eigenvalue weighted by Gasteiger charge is 2.31. The van der Waals surface area contributed by atoms with Crippen LogP contribution in [0.4, 0.5) is 11.5 Å². The van der Waals surface area contributed by atoms with E-state index in [4.69, 9.17) is 9.47 Å². The summed E-state index contributed by atoms with van der Waals surface area (Å²) in [5.74, 6) is 0.467. The Morgan fingerprint density at radius 2 is 2.14 bits per heavy atom. The summed E-state index contributed by atoms with van der Waals surface area (Å²) in [6.07, 6.45) is 7.38. The first-order chi connectivity index (χ1) is 17.9. The van der Waals surface area contributed by atoms with Crippen molar-refractivity contribution < 1.29 is 19.4 Å². The van der Waals surface area contributed by atoms with Crippen molar-refractivity contribution in [2.24, 2.45) is 0 Å². The number of morpholine rings is 1. The van der Waals surface area contributed by atoms with Crippen molar-refractivity contribution in [3.63, 3.8) is 0 Å². The van der Waals surface area contributed by atoms with Gasteiger partial charge < -0.3 is 30.1 Å². The molecule has 9 nitrogen and oxygen atoms in total. The lowest BCUT2D eigenvalue weighted by atomic mass is 9.92. The zero-order valence-corrected chi connectivity index (χ0v) is 22.4. The van der Waals surface area contributed by atoms with E-state index < -0.39 is 5.97 Å². The number of rotatable bonds is 13. The number of carboxylic acids is 1. The molecule has 2 aromatic rings. The molecule has 0 spiro atoms. The second-order valence-electron chi connectivity index (χ2n) is 9.63. The Balaban J connectivity index is 1.21. The molecule has 2 aromatic heterocycles. The van der Waals surface area contributed by atoms with Crippen LogP contribution in [0.15, 0.2) is 47.8 Å². The fourth-order valence-electron chi connectivity index (χ4n) is 4.70. The van der Waals surface area contributed by atoms with Crippen LogP contribution in [0.3, 0.4) is 0 Å². The molecule has 0 aliphatic carbocycles. The van der Waals surface area contributed by atoms with Crippen LogP contribution in [0.1, 0.15) is 50.5 Å². The SMILES string of the molecule is COc1ccc(C(CC(=O)O)CC2=CSC(C)(CCCCNc3cc(N4CCOCC4)ccn3)N2)cn1. The molecular formula is C27H37N5O4S. The van der Waals surface area contributed by atoms with Gasteiger partial charge in [-0.25, -0.2) is 9.97 Å². The van der Waals surface area contributed by atoms with Gasteiger partial charge in [-0.1, -0.05) is 6.07 Å². The molecule has 4 heterocycles. The van der Waals surface area contributed by atoms with Gasteiger partial charge in [0.1, 0.15) is 5.82 Å². The number of unbranched alkanes of at least 4 members (excludes halogenated alkanes) is 1. The highest BCUT2D eigenvalue weighted by atomic mass is 32.2. The van der Waals surface area contributed by atoms with Crippen LogP contribution in [0.25, 0.3) is 0 Å². The van der Waals surface area contributed by atoms with E-state index in [2.05, 4.69) is 50.0 Å². The van der Waals surface area contributed by atoms with Gasteiger partial charge in [-0.05, 0) is 49.6 Å². The van der Waals surface area contributed by atoms with Crippen molar-refractivity contribution in [2.45, 2.75) is 49.8 Å². The van der Waals surface area contributed by atoms with Gasteiger partial charge in [0.2, 0.25) is 5.88 Å². The first-order valence-electron chi connectivity index (χ1n) is 12.8. The molecule has 2 unspecified atom stereocenters. The second-order valence-corrected chi connectivity index (χ2v) is 11.0. The highest BCUT2D eigenvalue weighted by molar-refractivity contribution is 8.03. The summed E-state index contributed by atoms with van der Waals surface area (Å²) in [4.78, 5) is 22.5. The first-order valence-corrected chi connectivity index (χ1v) is 13.7. The van der Waals surface area contributed by atoms with Crippen LogP contribution >= 0.6 is 11.8 Å². The van der Waals surface area contributed by atoms with E-state index in [1.54, 1.807) is 31.1 Å². The number of aliphatic carboxylic acids is 1. The molecule has 10 heteroatoms. The molecular weight excluding hydrogens is 490 g/mol. The number of hydrogen-bond acceptors (Lipinski definition) is 9. The minimum Gasteiger partial charge on any atom is -0.481 e. The fourth-order valence-corrected chi connectivity index (χ4v) is 5.71. The van der Waals surface area contributed by atoms with Gasteiger partial charge >= 0.3 is 5.97 Å². The summed E-state index contributed by atoms with van der Waals surface area (Å²) < 4.78 is 10.6. The molecule has 1 fully saturated rings. The minimum absolute atomic E-state index is 0.0564. The van der Waals surface area contributed by atoms with Crippen LogP contribution in [0.5, 0.6) is 5.88 Å². The smallest absolute Gasteiger partial charge is 0.303 e. The normalized spacial score (nSPS) is 20.2. The molecule has 0 amide bonds. The van der Waals surface area contributed by atoms with Crippen LogP contribution in [-0.2, 0) is 9.53 Å². The molecule has 0 saturated carbocycles. The van der Waals surface area contributed by atoms with Crippen molar-refractivity contribution in [1.29, 1.82) is 0 Å². The summed E-state index contributed by atoms with van der Waals surface area (Å²) in [5.41, 5.74) is 3.17. The Bertz CT molecular complexity index is 1060. The maximum atomic E-state index is 11.5. The van der Waals surface area contributed by atoms with Crippen LogP contribution in [-0.4, -0.2) is 65.9 Å². The van der Waals surface area contributed by atoms with E-state index in [9.17, 15) is 9.90 Å². The Hall–Kier alpha value is -2.98. The summed E-state index contributed by atoms with van der Waals surface area (Å²) in [6.45, 7) is 6.44. The number of carbonyl (C=O) groups is 1. The van der Waals surface area contributed by atoms with Gasteiger partial charge in [-0.2, -0.15) is 0 Å². The van der Waals surface area contributed by atoms with E-state index in [0.29, 0.717) is 12.3 Å². The van der Waals surface area contributed by atoms with Crippen molar-refractivity contribution >= 4 is 29.2 Å². The fraction of sp³-hybridized carbons (Fsp3) is 0.519. The van der Waals surface area contributed by atoms with Gasteiger partial charge in [0.15, 0.2) is 0 Å². The standard InChI is InChI=1S/C27H37N5O4S/c1-27(8-3-4-9-28-24-17-23(7-10-29-24)32-11-13-36-14-12-32)31-22(19-37-27)15-21(16-26(33)34)20-5-6-25(35-2)30-18-20/h5-7,10,17-19,21,31H,3-4,8-9,11-16H2,1-2H3,(H,28,29)(H,33,34). The molecule has 3 N–H and O–H groups in total. The first kappa shape index (κ1) is 27.1. The zero-order chi connectivity index (χ0) is 26.1. The van der Waals surface area contributed by atoms with E-state index >= 15 is 0 Å². The second kappa shape index (κ2) is 13.0. The zero-order valence-electron chi connectivity index (χ0n) is 21.6. The third-order valence-electron chi connectivity index (χ3n) is 6.72. The third-order valence-corrected chi connectivity index (χ3v) is 7.95. The number of ether oxygens (including phenoxy) is 2. The van der Waals surface area contributed by atoms with E-state index in [1.165, 1.54) is 5.69 Å². The lowest BCUT2D eigenvalue weighted by Crippen LogP contribution is -2.36. The van der Waals surface area contributed by atoms with Gasteiger partial charge in [0.25, 0.3) is 0 Å². The highest BCUT2D eigenvalue weighted by Crippen LogP contribution is 2.39. The molecule has 37 heavy (non-hydrogen) atoms. The van der Waals surface area contributed by atoms with E-state index in [0.717, 1.165) is 69.2 Å². The number of carboxylic acid groups (broad SMARTS) is 1. The number of nitrogens with zero attached hydrogens (tertiary/aromatic N) is 3. The van der Waals surface area contributed by atoms with Gasteiger partial charge in [0.05, 0.1) is 31.6 Å². The molecule has 1 saturated heterocycles. The average Bonchev–Trinajstić information content (AvgIpc) is 3.29. The summed E-state index contributed by atoms with van der Waals surface area (Å²) in [6, 6.07) is 7.85. The van der Waals surface area contributed by atoms with Crippen LogP contribution < -0.4 is 20.3 Å². The number of thioether (sulfide) groups is 1. The number of aromatic nitrogens is 2. The third kappa shape index (κ3) is 8.00. The molecule has 2 atom stereocenters. The van der Waals surface area contributed by atoms with Crippen LogP contribution in [0.2, 0.25) is 0 Å². The van der Waals surface area contributed by atoms with Gasteiger partial charge in [-0.3, -0.25) is 4.79 Å². The lowest BCUT2D eigenvalue weighted by molar-refractivity contribution is -0.137. The summed E-state index contributed by atoms with van der Waals surface area (Å²) in [5, 5.41) is 18.7. The van der Waals surface area contributed by atoms with Gasteiger partial charge in [-0.15, -0.1) is 11.8 Å². The van der Waals surface area contributed by atoms with Crippen LogP contribution in [0, 0.1) is 0 Å². The largest absolute Gasteiger partial charge is 0.481 e. The number of anilines is 2. The Kier molecular flexibility index (Phi) is 9.51. The average molecular weight is 528 g/mol. The maximum absolute atomic E-state index is 11.5. The molecule has 200 valence electrons. The monoisotopic (exact) mass is 527 g/mol. The van der Waals surface area contributed by atoms with Crippen molar-refractivity contribution in [1.82, 2.24) is 15.3 Å². The Morgan fingerprint density at radius 3 is 2.86 bits per heavy atom. The molecule has 0 bridgehead atoms. The molecule has 2 aliphatic heterocycles. The van der Waals surface area contributed by atoms with Crippen molar-refractivity contribution in [3.05, 3.63) is 53.3 Å². The molecule has 0 radical (unpaired) electrons. The molecule has 2 aliphatic rings. The van der Waals surface area contributed by atoms with E-state index in [1.807, 2.05) is 12.3 Å². The number of pyridine rings is 2. The number of allylic oxidation sites excluding steroid dienone is 1. The maximum Gasteiger partial charge on any atom is 0.303 e. The minimum atomic E-state index is -0.813. The number of nitrogens with one attached hydrogen (secondary N) is 2. The number of methoxy groups -OCH3 is 1. The Labute approximate surface area is 223 Å². The van der Waals surface area contributed by atoms with Crippen molar-refractivity contribution in [2.75, 3.05) is 50.2 Å². The molecule has 0 aromatic carbocycles. The predicted molar refractivity (Wildman–Crippen MR) is 147 cm³/mol. The lowest BCUT2D eigenvalue weighted by Gasteiger charge is -2.29. The number of hydrogen-bond donors (Lipinski definition) is 3. The predicted octanol–water partition coefficient (Wildman–Crippen LogP) is 4.45. The summed E-state index contributed by atoms with van der Waals surface area (Å²) in [7, 11) is 1.57. The summed E-state index contributed by atoms with van der Waals surface area (Å²) >= 11 is 1.78. The molecule has 4 rings (SSSR count). The van der Waals surface area contributed by atoms with Crippen molar-refractivity contribution in [3.8, 4) is 5.88 Å². The van der Waals surface area contributed by atoms with Gasteiger partial charge in [0, 0.05) is 61.5 Å². The van der Waals surface area contributed by atoms with E-state index in [-0.39, 0.29) is 17.2 Å². The topological polar surface area (TPSA) is 109 Å². The Morgan fingerprint density at radius 1 is 1.30 bits per heavy atom. The quantitative estimate of drug-likeness (QED) is 0.323.